The molecule has 8 nitrogen and oxygen atoms in total. The van der Waals surface area contributed by atoms with Gasteiger partial charge >= 0.3 is 0 Å². The maximum absolute atomic E-state index is 14.0. The first-order chi connectivity index (χ1) is 19.7. The highest BCUT2D eigenvalue weighted by Crippen LogP contribution is 2.29. The minimum Gasteiger partial charge on any atom is -0.356 e. The quantitative estimate of drug-likeness (QED) is 0.134. The number of nitrogens with zero attached hydrogens (tertiary/aromatic N) is 1. The third kappa shape index (κ3) is 12.3. The summed E-state index contributed by atoms with van der Waals surface area (Å²) in [5.41, 5.74) is 0.641. The Balaban J connectivity index is 3.06. The van der Waals surface area contributed by atoms with Gasteiger partial charge in [0, 0.05) is 38.8 Å². The predicted octanol–water partition coefficient (Wildman–Crippen LogP) is 5.62. The van der Waals surface area contributed by atoms with Gasteiger partial charge < -0.3 is 25.0 Å². The second-order valence-corrected chi connectivity index (χ2v) is 20.3. The van der Waals surface area contributed by atoms with Gasteiger partial charge in [-0.15, -0.1) is 0 Å². The lowest BCUT2D eigenvalue weighted by Gasteiger charge is -2.39. The summed E-state index contributed by atoms with van der Waals surface area (Å²) in [7, 11) is 2.29. The standard InChI is InChI=1S/C34H59N3O5Si/c1-24(2)27(21-25(3)28(38)22-42-23-41-19-20-43(11,12)13)37(10)32(40)30(33(4,5)6)36-31(39)29(35-9)34(7,8)26-17-15-14-16-18-26/h14-18,21,24-25,29-30,35H,19-20,22-23H2,1-13H3,(H,36,39)/t25?,29-,30-/m1/s1. The van der Waals surface area contributed by atoms with Crippen LogP contribution in [0.1, 0.15) is 61.0 Å². The molecule has 0 aliphatic rings. The fraction of sp³-hybridized carbons (Fsp3) is 0.676. The number of likely N-dealkylation sites (N-methyl/N-ethyl adjacent to an activating group) is 2. The molecular weight excluding hydrogens is 558 g/mol. The molecule has 0 saturated heterocycles. The van der Waals surface area contributed by atoms with Crippen LogP contribution < -0.4 is 10.6 Å². The molecule has 0 aromatic heterocycles. The Kier molecular flexibility index (Phi) is 15.0. The average molecular weight is 618 g/mol. The normalized spacial score (nSPS) is 15.2. The minimum absolute atomic E-state index is 0.0339. The molecule has 0 fully saturated rings. The lowest BCUT2D eigenvalue weighted by atomic mass is 9.76. The lowest BCUT2D eigenvalue weighted by molar-refractivity contribution is -0.138. The Hall–Kier alpha value is -2.33. The van der Waals surface area contributed by atoms with Crippen molar-refractivity contribution in [1.82, 2.24) is 15.5 Å². The Morgan fingerprint density at radius 1 is 0.953 bits per heavy atom. The van der Waals surface area contributed by atoms with Crippen LogP contribution in [0, 0.1) is 17.3 Å². The maximum Gasteiger partial charge on any atom is 0.249 e. The van der Waals surface area contributed by atoms with Gasteiger partial charge in [0.1, 0.15) is 19.4 Å². The van der Waals surface area contributed by atoms with E-state index < -0.39 is 36.9 Å². The molecule has 0 aliphatic carbocycles. The third-order valence-electron chi connectivity index (χ3n) is 7.84. The van der Waals surface area contributed by atoms with Crippen molar-refractivity contribution in [1.29, 1.82) is 0 Å². The van der Waals surface area contributed by atoms with Crippen molar-refractivity contribution in [2.45, 2.75) is 98.6 Å². The first-order valence-electron chi connectivity index (χ1n) is 15.4. The number of benzene rings is 1. The van der Waals surface area contributed by atoms with Crippen LogP contribution in [0.2, 0.25) is 25.7 Å². The van der Waals surface area contributed by atoms with Gasteiger partial charge in [-0.05, 0) is 30.0 Å². The fourth-order valence-corrected chi connectivity index (χ4v) is 5.62. The summed E-state index contributed by atoms with van der Waals surface area (Å²) in [6, 6.07) is 9.55. The Labute approximate surface area is 262 Å². The van der Waals surface area contributed by atoms with E-state index in [9.17, 15) is 14.4 Å². The molecule has 1 aromatic carbocycles. The van der Waals surface area contributed by atoms with Crippen molar-refractivity contribution in [3.63, 3.8) is 0 Å². The lowest BCUT2D eigenvalue weighted by Crippen LogP contribution is -2.60. The van der Waals surface area contributed by atoms with Crippen molar-refractivity contribution in [3.8, 4) is 0 Å². The summed E-state index contributed by atoms with van der Waals surface area (Å²) in [5.74, 6) is -1.07. The number of Topliss-reactive ketones (excluding diaryl/α,β-unsaturated/α-hetero) is 1. The predicted molar refractivity (Wildman–Crippen MR) is 178 cm³/mol. The van der Waals surface area contributed by atoms with Crippen LogP contribution in [-0.2, 0) is 29.3 Å². The zero-order valence-corrected chi connectivity index (χ0v) is 30.1. The SMILES string of the molecule is CN[C@H](C(=O)N[C@H](C(=O)N(C)C(=CC(C)C(=O)COCOCC[Si](C)(C)C)C(C)C)C(C)(C)C)C(C)(C)c1ccccc1. The zero-order chi connectivity index (χ0) is 33.2. The molecule has 2 N–H and O–H groups in total. The fourth-order valence-electron chi connectivity index (χ4n) is 4.86. The smallest absolute Gasteiger partial charge is 0.249 e. The summed E-state index contributed by atoms with van der Waals surface area (Å²) >= 11 is 0. The number of carbonyl (C=O) groups is 3. The zero-order valence-electron chi connectivity index (χ0n) is 29.1. The van der Waals surface area contributed by atoms with Gasteiger partial charge in [0.25, 0.3) is 0 Å². The van der Waals surface area contributed by atoms with Gasteiger partial charge in [0.15, 0.2) is 5.78 Å². The van der Waals surface area contributed by atoms with Gasteiger partial charge in [-0.1, -0.05) is 111 Å². The van der Waals surface area contributed by atoms with E-state index in [2.05, 4.69) is 30.3 Å². The first-order valence-corrected chi connectivity index (χ1v) is 19.1. The van der Waals surface area contributed by atoms with Crippen LogP contribution in [0.4, 0.5) is 0 Å². The number of rotatable bonds is 17. The highest BCUT2D eigenvalue weighted by molar-refractivity contribution is 6.76. The summed E-state index contributed by atoms with van der Waals surface area (Å²) in [6.45, 7) is 23.1. The van der Waals surface area contributed by atoms with E-state index >= 15 is 0 Å². The van der Waals surface area contributed by atoms with E-state index in [0.717, 1.165) is 17.3 Å². The Bertz CT molecular complexity index is 1070. The van der Waals surface area contributed by atoms with E-state index in [4.69, 9.17) is 9.47 Å². The Morgan fingerprint density at radius 2 is 1.53 bits per heavy atom. The van der Waals surface area contributed by atoms with Gasteiger partial charge in [0.2, 0.25) is 11.8 Å². The van der Waals surface area contributed by atoms with Gasteiger partial charge in [-0.3, -0.25) is 14.4 Å². The van der Waals surface area contributed by atoms with Crippen LogP contribution >= 0.6 is 0 Å². The number of nitrogens with one attached hydrogen (secondary N) is 2. The van der Waals surface area contributed by atoms with Crippen LogP contribution in [-0.4, -0.2) is 76.8 Å². The van der Waals surface area contributed by atoms with E-state index in [1.807, 2.05) is 91.8 Å². The summed E-state index contributed by atoms with van der Waals surface area (Å²) < 4.78 is 11.0. The van der Waals surface area contributed by atoms with Crippen molar-refractivity contribution >= 4 is 25.7 Å². The van der Waals surface area contributed by atoms with E-state index in [-0.39, 0.29) is 36.9 Å². The number of allylic oxidation sites excluding steroid dienone is 2. The van der Waals surface area contributed by atoms with Crippen LogP contribution in [0.15, 0.2) is 42.1 Å². The summed E-state index contributed by atoms with van der Waals surface area (Å²) in [4.78, 5) is 42.2. The highest BCUT2D eigenvalue weighted by Gasteiger charge is 2.41. The number of ketones is 1. The van der Waals surface area contributed by atoms with E-state index in [1.54, 1.807) is 19.0 Å². The molecule has 43 heavy (non-hydrogen) atoms. The largest absolute Gasteiger partial charge is 0.356 e. The Morgan fingerprint density at radius 3 is 2.02 bits per heavy atom. The molecule has 0 bridgehead atoms. The molecular formula is C34H59N3O5Si. The maximum atomic E-state index is 14.0. The van der Waals surface area contributed by atoms with Crippen molar-refractivity contribution in [2.75, 3.05) is 34.1 Å². The topological polar surface area (TPSA) is 97.0 Å². The highest BCUT2D eigenvalue weighted by atomic mass is 28.3. The van der Waals surface area contributed by atoms with Gasteiger partial charge in [-0.2, -0.15) is 0 Å². The van der Waals surface area contributed by atoms with E-state index in [0.29, 0.717) is 6.61 Å². The average Bonchev–Trinajstić information content (AvgIpc) is 2.90. The molecule has 0 spiro atoms. The monoisotopic (exact) mass is 617 g/mol. The molecule has 0 aliphatic heterocycles. The van der Waals surface area contributed by atoms with Crippen LogP contribution in [0.5, 0.6) is 0 Å². The second kappa shape index (κ2) is 16.7. The molecule has 9 heteroatoms. The van der Waals surface area contributed by atoms with E-state index in [1.165, 1.54) is 0 Å². The molecule has 0 heterocycles. The number of ether oxygens (including phenoxy) is 2. The molecule has 0 saturated carbocycles. The van der Waals surface area contributed by atoms with Crippen molar-refractivity contribution in [2.24, 2.45) is 17.3 Å². The number of hydrogen-bond donors (Lipinski definition) is 2. The number of amides is 2. The van der Waals surface area contributed by atoms with Crippen LogP contribution in [0.25, 0.3) is 0 Å². The molecule has 3 atom stereocenters. The summed E-state index contributed by atoms with van der Waals surface area (Å²) in [6.07, 6.45) is 1.83. The second-order valence-electron chi connectivity index (χ2n) is 14.7. The molecule has 1 rings (SSSR count). The molecule has 1 unspecified atom stereocenters. The van der Waals surface area contributed by atoms with Crippen LogP contribution in [0.3, 0.4) is 0 Å². The number of hydrogen-bond acceptors (Lipinski definition) is 6. The molecule has 244 valence electrons. The molecule has 1 aromatic rings. The third-order valence-corrected chi connectivity index (χ3v) is 9.54. The van der Waals surface area contributed by atoms with Crippen molar-refractivity contribution < 1.29 is 23.9 Å². The van der Waals surface area contributed by atoms with Gasteiger partial charge in [-0.25, -0.2) is 0 Å². The van der Waals surface area contributed by atoms with Crippen molar-refractivity contribution in [3.05, 3.63) is 47.7 Å². The molecule has 0 radical (unpaired) electrons. The number of carbonyl (C=O) groups excluding carboxylic acids is 3. The minimum atomic E-state index is -1.18. The van der Waals surface area contributed by atoms with Gasteiger partial charge in [0.05, 0.1) is 6.04 Å². The summed E-state index contributed by atoms with van der Waals surface area (Å²) in [5, 5.41) is 6.24. The first kappa shape index (κ1) is 38.7. The molecule has 2 amide bonds.